The van der Waals surface area contributed by atoms with Crippen LogP contribution in [0.4, 0.5) is 0 Å². The van der Waals surface area contributed by atoms with Gasteiger partial charge in [0.2, 0.25) is 5.24 Å². The van der Waals surface area contributed by atoms with Gasteiger partial charge in [0.05, 0.1) is 94.7 Å². The predicted molar refractivity (Wildman–Crippen MR) is 524 cm³/mol. The van der Waals surface area contributed by atoms with Crippen LogP contribution in [-0.2, 0) is 41.6 Å². The van der Waals surface area contributed by atoms with E-state index in [0.29, 0.717) is 61.4 Å². The second-order valence-corrected chi connectivity index (χ2v) is 58.4. The van der Waals surface area contributed by atoms with Crippen molar-refractivity contribution >= 4 is 189 Å². The first-order valence-electron chi connectivity index (χ1n) is 36.3. The number of hydrogen-bond donors (Lipinski definition) is 7. The zero-order valence-corrected chi connectivity index (χ0v) is 89.4. The molecular formula is C85H137Br8Cl2NO19Si4. The number of aliphatic hydroxyl groups excluding tert-OH is 6. The lowest BCUT2D eigenvalue weighted by molar-refractivity contribution is -0.378. The normalized spacial score (nSPS) is 11.2. The summed E-state index contributed by atoms with van der Waals surface area (Å²) in [6.07, 6.45) is 5.76. The summed E-state index contributed by atoms with van der Waals surface area (Å²) in [4.78, 5) is 35.8. The average molecular weight is 2300 g/mol. The van der Waals surface area contributed by atoms with E-state index in [4.69, 9.17) is 90.1 Å². The molecule has 0 unspecified atom stereocenters. The summed E-state index contributed by atoms with van der Waals surface area (Å²) in [6.45, 7) is 60.1. The maximum atomic E-state index is 11.6. The van der Waals surface area contributed by atoms with Crippen molar-refractivity contribution in [3.63, 3.8) is 0 Å². The molecule has 4 aromatic carbocycles. The van der Waals surface area contributed by atoms with Crippen molar-refractivity contribution < 1.29 is 109 Å². The molecule has 8 N–H and O–H groups in total. The van der Waals surface area contributed by atoms with Gasteiger partial charge in [0.25, 0.3) is 0 Å². The molecule has 0 aliphatic carbocycles. The summed E-state index contributed by atoms with van der Waals surface area (Å²) >= 11 is 31.8. The largest absolute Gasteiger partial charge is 1.00 e. The van der Waals surface area contributed by atoms with Crippen LogP contribution in [-0.4, -0.2) is 183 Å². The molecule has 0 spiro atoms. The predicted octanol–water partition coefficient (Wildman–Crippen LogP) is 20.5. The van der Waals surface area contributed by atoms with Gasteiger partial charge >= 0.3 is 11.9 Å². The Morgan fingerprint density at radius 3 is 0.857 bits per heavy atom. The van der Waals surface area contributed by atoms with Gasteiger partial charge in [-0.2, -0.15) is 0 Å². The number of ether oxygens (including phenoxy) is 5. The molecule has 119 heavy (non-hydrogen) atoms. The highest BCUT2D eigenvalue weighted by Gasteiger charge is 2.42. The van der Waals surface area contributed by atoms with Crippen molar-refractivity contribution in [2.45, 2.75) is 229 Å². The number of terminal acetylenes is 1. The third-order valence-corrected chi connectivity index (χ3v) is 41.2. The maximum absolute atomic E-state index is 11.6. The number of phenols is 1. The monoisotopic (exact) mass is 2290 g/mol. The van der Waals surface area contributed by atoms with E-state index >= 15 is 0 Å². The highest BCUT2D eigenvalue weighted by atomic mass is 79.9. The van der Waals surface area contributed by atoms with Crippen LogP contribution in [0.5, 0.6) is 23.0 Å². The molecule has 0 fully saturated rings. The minimum atomic E-state index is -1.87. The van der Waals surface area contributed by atoms with Gasteiger partial charge in [0.15, 0.2) is 51.8 Å². The van der Waals surface area contributed by atoms with Gasteiger partial charge in [-0.1, -0.05) is 155 Å². The first kappa shape index (κ1) is 130. The molecule has 0 amide bonds. The van der Waals surface area contributed by atoms with Crippen LogP contribution < -0.4 is 31.6 Å². The van der Waals surface area contributed by atoms with E-state index in [0.717, 1.165) is 29.2 Å². The number of esters is 2. The Hall–Kier alpha value is -2.49. The number of phenolic OH excluding ortho intramolecular Hbond substituents is 1. The summed E-state index contributed by atoms with van der Waals surface area (Å²) in [6, 6.07) is 26.0. The molecule has 0 aliphatic rings. The fraction of sp³-hybridized carbons (Fsp3) is 0.529. The standard InChI is InChI=1S/C21H38Br2O3Si2.C17H18Br2O5.C15H36O3Si2.C9H10Br2O3.C7H5N.C6H4Br2O.C4H5ClO.C3H8O3.3CH4.ClH/c1-20(2,3)27(7,8)24-14-16(15-25-28(9,10)21(4,5)6)26-19-17(22)12-11-13-18(19)23;1-10(2)16(20)22-8-12(9-23-17(21)11(3)4)24-15-13(18)6-5-7-14(15)19;1-14(2,3)19(7,8)17-11-13(16)12-18-20(9,10)15(4,5)6;10-7-2-1-3-8(11)9(7)14-6(4-12)5-13;1-2-7-3-5-8-6-4-7;7-4-2-1-3-5(8)6(4)9;1-3(2)4(5)6;4-1-3(6)2-5;;;;/h11-13,16H,14-15H2,1-10H3;5-7,12H,1,3,8-9H2,2,4H3;13,16H,11-12H2,1-10H3;1-3,6,12-13H,4-5H2;1,3-6H;1-3,9H;1H2,2H3;3-6H,1-2H2;3*1H4;1H. The highest BCUT2D eigenvalue weighted by molar-refractivity contribution is 9.12. The zero-order valence-electron chi connectivity index (χ0n) is 71.2. The van der Waals surface area contributed by atoms with Crippen LogP contribution in [0.2, 0.25) is 72.5 Å². The fourth-order valence-electron chi connectivity index (χ4n) is 6.39. The van der Waals surface area contributed by atoms with Crippen LogP contribution in [0.15, 0.2) is 170 Å². The van der Waals surface area contributed by atoms with E-state index in [1.807, 2.05) is 60.7 Å². The summed E-state index contributed by atoms with van der Waals surface area (Å²) in [7, 11) is -7.31. The molecular weight excluding hydrogens is 2160 g/mol. The van der Waals surface area contributed by atoms with Gasteiger partial charge < -0.3 is 89.5 Å². The number of rotatable bonds is 29. The van der Waals surface area contributed by atoms with Gasteiger partial charge in [-0.3, -0.25) is 4.79 Å². The van der Waals surface area contributed by atoms with Gasteiger partial charge in [0, 0.05) is 34.4 Å². The van der Waals surface area contributed by atoms with E-state index in [-0.39, 0.29) is 117 Å². The lowest BCUT2D eigenvalue weighted by Gasteiger charge is -2.39. The Morgan fingerprint density at radius 1 is 0.429 bits per heavy atom. The number of nitrogens with one attached hydrogen (secondary N) is 1. The van der Waals surface area contributed by atoms with Gasteiger partial charge in [-0.15, -0.1) is 6.42 Å². The molecule has 0 radical (unpaired) electrons. The SMILES string of the molecule is C.C.C.C#Cc1cc[nH+]cc1.C=C(C)C(=O)Cl.C=C(C)C(=O)OCC(COC(=O)C(=C)C)Oc1c(Br)cccc1Br.CC(C)(C)[Si](C)(C)OCC(CO[Si](C)(C)C(C)(C)C)Oc1c(Br)cccc1Br.CC(C)(C)[Si](C)(C)OCC(O)CO[Si](C)(C)C(C)(C)C.OCC(CO)Oc1c(Br)cccc1Br.OCC(O)CO.Oc1c(Br)cccc1Br.[Cl-]. The molecule has 0 saturated carbocycles. The lowest BCUT2D eigenvalue weighted by Crippen LogP contribution is -3.00. The number of halogens is 10. The van der Waals surface area contributed by atoms with Crippen molar-refractivity contribution in [2.75, 3.05) is 66.1 Å². The number of benzene rings is 4. The molecule has 20 nitrogen and oxygen atoms in total. The van der Waals surface area contributed by atoms with Crippen molar-refractivity contribution in [3.05, 3.63) is 175 Å². The minimum Gasteiger partial charge on any atom is -1.00 e. The number of allylic oxidation sites excluding steroid dienone is 1. The highest BCUT2D eigenvalue weighted by Crippen LogP contribution is 2.42. The summed E-state index contributed by atoms with van der Waals surface area (Å²) < 4.78 is 59.0. The number of aromatic amines is 1. The van der Waals surface area contributed by atoms with E-state index in [1.54, 1.807) is 57.4 Å². The second kappa shape index (κ2) is 63.4. The number of aromatic nitrogens is 1. The molecule has 0 atom stereocenters. The topological polar surface area (TPSA) is 290 Å². The number of aliphatic hydroxyl groups is 6. The molecule has 5 rings (SSSR count). The number of aromatic hydroxyl groups is 1. The molecule has 0 bridgehead atoms. The molecule has 34 heteroatoms. The number of carbonyl (C=O) groups is 3. The van der Waals surface area contributed by atoms with E-state index < -0.39 is 74.9 Å². The van der Waals surface area contributed by atoms with Crippen molar-refractivity contribution in [1.29, 1.82) is 0 Å². The number of H-pyrrole nitrogens is 1. The Labute approximate surface area is 796 Å². The van der Waals surface area contributed by atoms with Gasteiger partial charge in [-0.05, 0) is 281 Å². The van der Waals surface area contributed by atoms with Gasteiger partial charge in [0.1, 0.15) is 54.5 Å². The molecule has 1 aromatic heterocycles. The zero-order chi connectivity index (χ0) is 90.0. The summed E-state index contributed by atoms with van der Waals surface area (Å²) in [5, 5.41) is 61.1. The Balaban J connectivity index is -0.000000253. The molecule has 0 aliphatic heterocycles. The minimum absolute atomic E-state index is 0. The maximum Gasteiger partial charge on any atom is 0.333 e. The fourth-order valence-corrected chi connectivity index (χ4v) is 15.1. The third kappa shape index (κ3) is 54.3. The van der Waals surface area contributed by atoms with E-state index in [2.05, 4.69) is 294 Å². The molecule has 1 heterocycles. The van der Waals surface area contributed by atoms with E-state index in [9.17, 15) is 19.5 Å². The number of para-hydroxylation sites is 4. The quantitative estimate of drug-likeness (QED) is 0.00770. The number of hydrogen-bond acceptors (Lipinski definition) is 19. The Morgan fingerprint density at radius 2 is 0.664 bits per heavy atom. The van der Waals surface area contributed by atoms with Crippen LogP contribution in [0.3, 0.4) is 0 Å². The molecule has 5 aromatic rings. The first-order chi connectivity index (χ1) is 52.6. The average Bonchev–Trinajstić information content (AvgIpc) is 0.815. The van der Waals surface area contributed by atoms with Crippen LogP contribution in [0.25, 0.3) is 0 Å². The van der Waals surface area contributed by atoms with Crippen molar-refractivity contribution in [1.82, 2.24) is 0 Å². The first-order valence-corrected chi connectivity index (χ1v) is 54.7. The lowest BCUT2D eigenvalue weighted by atomic mass is 10.2. The summed E-state index contributed by atoms with van der Waals surface area (Å²) in [5.74, 6) is 3.57. The Bertz CT molecular complexity index is 3610. The van der Waals surface area contributed by atoms with Crippen molar-refractivity contribution in [3.8, 4) is 35.3 Å². The third-order valence-electron chi connectivity index (χ3n) is 17.9. The van der Waals surface area contributed by atoms with Crippen LogP contribution in [0, 0.1) is 12.3 Å². The molecule has 682 valence electrons. The van der Waals surface area contributed by atoms with Crippen LogP contribution >= 0.6 is 139 Å². The second-order valence-electron chi connectivity index (χ2n) is 32.0. The number of pyridine rings is 1. The molecule has 0 saturated heterocycles. The Kier molecular flexibility index (Phi) is 69.1. The summed E-state index contributed by atoms with van der Waals surface area (Å²) in [5.41, 5.74) is 1.84. The van der Waals surface area contributed by atoms with Crippen molar-refractivity contribution in [2.24, 2.45) is 0 Å². The van der Waals surface area contributed by atoms with Gasteiger partial charge in [-0.25, -0.2) is 14.6 Å². The van der Waals surface area contributed by atoms with Crippen LogP contribution in [0.1, 0.15) is 132 Å². The number of carbonyl (C=O) groups excluding carboxylic acids is 3. The van der Waals surface area contributed by atoms with E-state index in [1.165, 1.54) is 0 Å². The smallest absolute Gasteiger partial charge is 0.333 e.